The van der Waals surface area contributed by atoms with Gasteiger partial charge in [0.1, 0.15) is 177 Å². The Hall–Kier alpha value is -2.35. The van der Waals surface area contributed by atoms with E-state index in [1.165, 1.54) is 13.8 Å². The number of aliphatic hydroxyl groups is 24. The van der Waals surface area contributed by atoms with Crippen molar-refractivity contribution in [3.8, 4) is 0 Å². The maximum atomic E-state index is 15.4. The van der Waals surface area contributed by atoms with Crippen LogP contribution in [0.2, 0.25) is 0 Å². The number of fused-ring (bicyclic) bond motifs is 7. The highest BCUT2D eigenvalue weighted by Gasteiger charge is 2.71. The molecule has 118 heavy (non-hydrogen) atoms. The zero-order chi connectivity index (χ0) is 86.0. The number of esters is 1. The molecule has 13 rings (SSSR count). The lowest BCUT2D eigenvalue weighted by atomic mass is 9.33. The summed E-state index contributed by atoms with van der Waals surface area (Å²) in [5.41, 5.74) is -2.50. The zero-order valence-corrected chi connectivity index (χ0v) is 67.1. The van der Waals surface area contributed by atoms with Crippen molar-refractivity contribution in [1.82, 2.24) is 0 Å². The Morgan fingerprint density at radius 1 is 0.407 bits per heavy atom. The van der Waals surface area contributed by atoms with Crippen molar-refractivity contribution in [3.05, 3.63) is 11.6 Å². The summed E-state index contributed by atoms with van der Waals surface area (Å²) in [6, 6.07) is 0. The van der Waals surface area contributed by atoms with Crippen LogP contribution in [0.4, 0.5) is 0 Å². The minimum Gasteiger partial charge on any atom is -0.432 e. The topological polar surface area (TPSA) is 650 Å². The molecule has 12 fully saturated rings. The standard InChI is InChI=1S/C77H126O41/c1-27-40(83)45(88)53(96)65(105-27)114-59-32(21-79)108-63(56(99)49(59)92)103-24-35-43(86)47(90)55(98)69(112-35)118-71(102)77-17-15-72(3,4)19-30(77)29-9-10-38-73(5)13-12-39(74(6,26-82)37(73)11-14-76(38,8)75(29,7)16-18-77)113-64-52(95)44(87)36(25-104-64)111-67-57(100)50(93)60(33(22-80)109-67)115-68-58(101)51(94)61(34(23-81)110-68)116-70-62(48(91)42(85)31(20-78)107-70)117-66-54(97)46(89)41(84)28(2)106-66/h9,27-28,30-70,78-101H,10-26H2,1-8H3/t27-,28-,30-,31+,32+,33+,34+,35+,36-,37+,38+,39-,40-,41-,42+,43+,44-,45+,46+,47-,48-,49+,50+,51+,52+,53+,54+,55+,56+,57+,58+,59+,60+,61+,62+,63+,64-,65-,66-,67-,68-,69-,70-,73-,74-,75+,76+,77-/m0/s1. The maximum absolute atomic E-state index is 15.4. The molecule has 41 nitrogen and oxygen atoms in total. The Kier molecular flexibility index (Phi) is 28.5. The van der Waals surface area contributed by atoms with Gasteiger partial charge in [0, 0.05) is 5.41 Å². The van der Waals surface area contributed by atoms with Crippen LogP contribution in [0.25, 0.3) is 0 Å². The molecule has 0 radical (unpaired) electrons. The largest absolute Gasteiger partial charge is 0.432 e. The SMILES string of the molecule is C[C@@H]1O[C@@H](O[C@H]2[C@H](O[C@H]3[C@H](O)[C@@H](O)[C@H](O[C@H]4[C@H](O)[C@@H](O)[C@H](O[C@H]5CO[C@@H](O[C@H]6CC[C@@]7(C)[C@@H](CC[C@]8(C)[C@@H]7CC=C7[C@@H]9CC(C)(C)CC[C@]9(C(=O)O[C@@H]9O[C@H](CO[C@@H]%10O[C@H](CO)[C@@H](O[C@@H]%11O[C@@H](C)[C@H](O)[C@@H](O)[C@H]%11O)[C@H](O)[C@H]%10O)[C@@H](O)[C@H](O)[C@H]9O)CC[C@]78C)[C@]6(C)CO)[C@H](O)[C@H]5O)O[C@@H]4CO)O[C@@H]3CO)O[C@H](CO)[C@@H](O)[C@@H]2O)[C@H](O)[C@H](O)[C@H]1O. The first kappa shape index (κ1) is 93.3. The average molecular weight is 1710 g/mol. The van der Waals surface area contributed by atoms with Gasteiger partial charge < -0.3 is 198 Å². The normalized spacial score (nSPS) is 55.0. The molecule has 0 unspecified atom stereocenters. The number of aliphatic hydroxyl groups excluding tert-OH is 24. The highest BCUT2D eigenvalue weighted by Crippen LogP contribution is 2.76. The number of carbonyl (C=O) groups is 1. The first-order chi connectivity index (χ1) is 55.5. The molecule has 0 aromatic heterocycles. The van der Waals surface area contributed by atoms with E-state index in [1.807, 2.05) is 6.92 Å². The summed E-state index contributed by atoms with van der Waals surface area (Å²) >= 11 is 0. The predicted octanol–water partition coefficient (Wildman–Crippen LogP) is -9.07. The van der Waals surface area contributed by atoms with Crippen molar-refractivity contribution in [3.63, 3.8) is 0 Å². The van der Waals surface area contributed by atoms with E-state index < -0.39 is 313 Å². The van der Waals surface area contributed by atoms with E-state index in [2.05, 4.69) is 40.7 Å². The fourth-order valence-corrected chi connectivity index (χ4v) is 22.0. The average Bonchev–Trinajstić information content (AvgIpc) is 0.672. The molecule has 48 atom stereocenters. The molecule has 0 spiro atoms. The minimum absolute atomic E-state index is 0.0311. The van der Waals surface area contributed by atoms with Crippen molar-refractivity contribution in [2.45, 2.75) is 365 Å². The summed E-state index contributed by atoms with van der Waals surface area (Å²) in [6.45, 7) is 10.6. The second-order valence-corrected chi connectivity index (χ2v) is 36.9. The summed E-state index contributed by atoms with van der Waals surface area (Å²) in [5.74, 6) is -1.17. The summed E-state index contributed by atoms with van der Waals surface area (Å²) < 4.78 is 94.1. The molecule has 5 aliphatic carbocycles. The van der Waals surface area contributed by atoms with Crippen LogP contribution in [0.3, 0.4) is 0 Å². The first-order valence-corrected chi connectivity index (χ1v) is 41.2. The van der Waals surface area contributed by atoms with Crippen molar-refractivity contribution >= 4 is 5.97 Å². The van der Waals surface area contributed by atoms with Gasteiger partial charge in [0.2, 0.25) is 6.29 Å². The Morgan fingerprint density at radius 2 is 0.847 bits per heavy atom. The molecule has 24 N–H and O–H groups in total. The Labute approximate surface area is 680 Å². The second-order valence-electron chi connectivity index (χ2n) is 36.9. The van der Waals surface area contributed by atoms with Crippen LogP contribution < -0.4 is 0 Å². The van der Waals surface area contributed by atoms with E-state index in [0.29, 0.717) is 64.2 Å². The summed E-state index contributed by atoms with van der Waals surface area (Å²) in [6.07, 6.45) is -61.7. The van der Waals surface area contributed by atoms with Gasteiger partial charge in [-0.15, -0.1) is 0 Å². The van der Waals surface area contributed by atoms with Crippen LogP contribution in [-0.4, -0.2) is 420 Å². The lowest BCUT2D eigenvalue weighted by Crippen LogP contribution is -2.68. The zero-order valence-electron chi connectivity index (χ0n) is 67.1. The van der Waals surface area contributed by atoms with Gasteiger partial charge in [-0.25, -0.2) is 0 Å². The lowest BCUT2D eigenvalue weighted by molar-refractivity contribution is -0.396. The van der Waals surface area contributed by atoms with E-state index in [4.69, 9.17) is 75.8 Å². The van der Waals surface area contributed by atoms with Crippen LogP contribution in [0, 0.1) is 50.2 Å². The predicted molar refractivity (Wildman–Crippen MR) is 386 cm³/mol. The minimum atomic E-state index is -2.17. The van der Waals surface area contributed by atoms with E-state index >= 15 is 4.79 Å². The summed E-state index contributed by atoms with van der Waals surface area (Å²) in [5, 5.41) is 264. The Bertz CT molecular complexity index is 3370. The fraction of sp³-hybridized carbons (Fsp3) is 0.961. The Morgan fingerprint density at radius 3 is 1.40 bits per heavy atom. The third kappa shape index (κ3) is 16.5. The summed E-state index contributed by atoms with van der Waals surface area (Å²) in [4.78, 5) is 15.4. The van der Waals surface area contributed by atoms with Gasteiger partial charge in [-0.3, -0.25) is 4.79 Å². The number of rotatable bonds is 22. The Balaban J connectivity index is 0.623. The molecule has 680 valence electrons. The van der Waals surface area contributed by atoms with Crippen molar-refractivity contribution in [1.29, 1.82) is 0 Å². The van der Waals surface area contributed by atoms with Crippen LogP contribution in [0.1, 0.15) is 120 Å². The molecule has 0 aromatic carbocycles. The molecule has 0 bridgehead atoms. The molecule has 0 amide bonds. The molecule has 41 heteroatoms. The quantitative estimate of drug-likeness (QED) is 0.0272. The molecular formula is C77H126O41. The molecule has 0 aromatic rings. The van der Waals surface area contributed by atoms with Crippen LogP contribution >= 0.6 is 0 Å². The summed E-state index contributed by atoms with van der Waals surface area (Å²) in [7, 11) is 0. The number of hydrogen-bond acceptors (Lipinski definition) is 41. The van der Waals surface area contributed by atoms with Gasteiger partial charge in [-0.1, -0.05) is 53.2 Å². The lowest BCUT2D eigenvalue weighted by Gasteiger charge is -2.71. The molecule has 4 saturated carbocycles. The van der Waals surface area contributed by atoms with Gasteiger partial charge in [0.15, 0.2) is 44.0 Å². The van der Waals surface area contributed by atoms with E-state index in [-0.39, 0.29) is 35.2 Å². The monoisotopic (exact) mass is 1710 g/mol. The third-order valence-electron chi connectivity index (χ3n) is 29.6. The van der Waals surface area contributed by atoms with Crippen LogP contribution in [0.5, 0.6) is 0 Å². The number of hydrogen-bond donors (Lipinski definition) is 24. The van der Waals surface area contributed by atoms with Gasteiger partial charge >= 0.3 is 5.97 Å². The smallest absolute Gasteiger partial charge is 0.315 e. The number of allylic oxidation sites excluding steroid dienone is 2. The van der Waals surface area contributed by atoms with Crippen molar-refractivity contribution in [2.75, 3.05) is 46.2 Å². The van der Waals surface area contributed by atoms with Crippen molar-refractivity contribution in [2.24, 2.45) is 50.2 Å². The van der Waals surface area contributed by atoms with Gasteiger partial charge in [-0.05, 0) is 117 Å². The van der Waals surface area contributed by atoms with Crippen LogP contribution in [0.15, 0.2) is 11.6 Å². The van der Waals surface area contributed by atoms with Gasteiger partial charge in [0.05, 0.1) is 70.0 Å². The number of carbonyl (C=O) groups excluding carboxylic acids is 1. The number of ether oxygens (including phenoxy) is 16. The molecular weight excluding hydrogens is 1580 g/mol. The highest BCUT2D eigenvalue weighted by atomic mass is 16.8. The van der Waals surface area contributed by atoms with Gasteiger partial charge in [0.25, 0.3) is 0 Å². The second kappa shape index (κ2) is 36.1. The molecule has 8 saturated heterocycles. The first-order valence-electron chi connectivity index (χ1n) is 41.2. The van der Waals surface area contributed by atoms with Crippen molar-refractivity contribution < 1.29 is 203 Å². The fourth-order valence-electron chi connectivity index (χ4n) is 22.0. The van der Waals surface area contributed by atoms with E-state index in [9.17, 15) is 123 Å². The molecule has 8 heterocycles. The van der Waals surface area contributed by atoms with Gasteiger partial charge in [-0.2, -0.15) is 0 Å². The molecule has 8 aliphatic heterocycles. The van der Waals surface area contributed by atoms with E-state index in [0.717, 1.165) is 5.57 Å². The third-order valence-corrected chi connectivity index (χ3v) is 29.6. The van der Waals surface area contributed by atoms with Crippen LogP contribution in [-0.2, 0) is 80.6 Å². The highest BCUT2D eigenvalue weighted by molar-refractivity contribution is 5.79. The van der Waals surface area contributed by atoms with E-state index in [1.54, 1.807) is 0 Å². The maximum Gasteiger partial charge on any atom is 0.315 e. The molecule has 13 aliphatic rings.